The maximum Gasteiger partial charge on any atom is 0.195 e. The van der Waals surface area contributed by atoms with E-state index in [4.69, 9.17) is 0 Å². The van der Waals surface area contributed by atoms with Crippen molar-refractivity contribution in [3.63, 3.8) is 0 Å². The molecule has 2 aromatic rings. The van der Waals surface area contributed by atoms with Crippen molar-refractivity contribution in [3.8, 4) is 0 Å². The van der Waals surface area contributed by atoms with Crippen LogP contribution in [-0.4, -0.2) is 5.11 Å². The van der Waals surface area contributed by atoms with Gasteiger partial charge in [0.25, 0.3) is 0 Å². The van der Waals surface area contributed by atoms with Gasteiger partial charge in [0.2, 0.25) is 0 Å². The number of pyridine rings is 1. The molecule has 0 amide bonds. The van der Waals surface area contributed by atoms with Crippen molar-refractivity contribution >= 4 is 0 Å². The minimum Gasteiger partial charge on any atom is -0.619 e. The van der Waals surface area contributed by atoms with Gasteiger partial charge in [-0.15, -0.1) is 0 Å². The minimum absolute atomic E-state index is 0.328. The number of aliphatic hydroxyl groups excluding tert-OH is 1. The fourth-order valence-electron chi connectivity index (χ4n) is 1.61. The van der Waals surface area contributed by atoms with Gasteiger partial charge in [0.05, 0.1) is 12.5 Å². The number of nitrogens with zero attached hydrogens (tertiary/aromatic N) is 1. The van der Waals surface area contributed by atoms with Crippen LogP contribution in [-0.2, 0) is 6.42 Å². The Morgan fingerprint density at radius 1 is 1.06 bits per heavy atom. The molecular formula is C13H13NO2. The summed E-state index contributed by atoms with van der Waals surface area (Å²) in [5.74, 6) is 0. The van der Waals surface area contributed by atoms with Gasteiger partial charge in [-0.05, 0) is 5.56 Å². The monoisotopic (exact) mass is 215 g/mol. The molecule has 0 fully saturated rings. The van der Waals surface area contributed by atoms with E-state index in [1.54, 1.807) is 18.2 Å². The summed E-state index contributed by atoms with van der Waals surface area (Å²) >= 11 is 0. The molecule has 1 heterocycles. The Morgan fingerprint density at radius 2 is 1.75 bits per heavy atom. The molecule has 0 aliphatic rings. The molecule has 3 nitrogen and oxygen atoms in total. The number of aromatic nitrogens is 1. The average molecular weight is 215 g/mol. The van der Waals surface area contributed by atoms with Crippen molar-refractivity contribution in [2.24, 2.45) is 0 Å². The lowest BCUT2D eigenvalue weighted by atomic mass is 10.0. The van der Waals surface area contributed by atoms with Gasteiger partial charge < -0.3 is 10.3 Å². The van der Waals surface area contributed by atoms with Crippen LogP contribution in [0.1, 0.15) is 17.4 Å². The molecule has 82 valence electrons. The zero-order valence-corrected chi connectivity index (χ0v) is 8.78. The van der Waals surface area contributed by atoms with E-state index in [2.05, 4.69) is 0 Å². The van der Waals surface area contributed by atoms with Gasteiger partial charge in [-0.3, -0.25) is 0 Å². The quantitative estimate of drug-likeness (QED) is 0.624. The van der Waals surface area contributed by atoms with Crippen LogP contribution in [0.3, 0.4) is 0 Å². The van der Waals surface area contributed by atoms with Crippen molar-refractivity contribution in [2.45, 2.75) is 12.5 Å². The van der Waals surface area contributed by atoms with E-state index in [1.807, 2.05) is 30.3 Å². The van der Waals surface area contributed by atoms with Crippen LogP contribution in [0.4, 0.5) is 0 Å². The van der Waals surface area contributed by atoms with E-state index in [9.17, 15) is 10.3 Å². The van der Waals surface area contributed by atoms with Crippen LogP contribution in [0.5, 0.6) is 0 Å². The Balaban J connectivity index is 2.14. The first kappa shape index (κ1) is 10.6. The SMILES string of the molecule is [O-][n+]1ccccc1CC(O)c1ccccc1. The Hall–Kier alpha value is -1.87. The summed E-state index contributed by atoms with van der Waals surface area (Å²) in [6, 6.07) is 14.5. The van der Waals surface area contributed by atoms with Gasteiger partial charge >= 0.3 is 0 Å². The molecule has 2 rings (SSSR count). The van der Waals surface area contributed by atoms with E-state index in [0.29, 0.717) is 12.1 Å². The molecule has 0 aliphatic carbocycles. The summed E-state index contributed by atoms with van der Waals surface area (Å²) in [5, 5.41) is 21.3. The fourth-order valence-corrected chi connectivity index (χ4v) is 1.61. The molecule has 1 aromatic heterocycles. The lowest BCUT2D eigenvalue weighted by Crippen LogP contribution is -2.31. The third kappa shape index (κ3) is 2.38. The second-order valence-corrected chi connectivity index (χ2v) is 3.65. The normalized spacial score (nSPS) is 12.3. The Morgan fingerprint density at radius 3 is 2.44 bits per heavy atom. The van der Waals surface area contributed by atoms with Crippen molar-refractivity contribution < 1.29 is 9.84 Å². The molecule has 3 heteroatoms. The molecule has 1 unspecified atom stereocenters. The number of benzene rings is 1. The molecule has 1 atom stereocenters. The second-order valence-electron chi connectivity index (χ2n) is 3.65. The van der Waals surface area contributed by atoms with E-state index in [1.165, 1.54) is 6.20 Å². The predicted octanol–water partition coefficient (Wildman–Crippen LogP) is 1.60. The molecule has 0 bridgehead atoms. The molecule has 0 saturated carbocycles. The van der Waals surface area contributed by atoms with Crippen molar-refractivity contribution in [3.05, 3.63) is 71.2 Å². The maximum absolute atomic E-state index is 11.4. The summed E-state index contributed by atoms with van der Waals surface area (Å²) in [4.78, 5) is 0. The van der Waals surface area contributed by atoms with Gasteiger partial charge in [-0.2, -0.15) is 4.73 Å². The fraction of sp³-hybridized carbons (Fsp3) is 0.154. The van der Waals surface area contributed by atoms with Crippen LogP contribution >= 0.6 is 0 Å². The van der Waals surface area contributed by atoms with Crippen molar-refractivity contribution in [1.29, 1.82) is 0 Å². The summed E-state index contributed by atoms with van der Waals surface area (Å²) in [6.07, 6.45) is 1.13. The summed E-state index contributed by atoms with van der Waals surface area (Å²) in [5.41, 5.74) is 1.39. The van der Waals surface area contributed by atoms with E-state index in [-0.39, 0.29) is 0 Å². The summed E-state index contributed by atoms with van der Waals surface area (Å²) in [7, 11) is 0. The molecule has 0 radical (unpaired) electrons. The van der Waals surface area contributed by atoms with Gasteiger partial charge in [-0.1, -0.05) is 36.4 Å². The molecule has 1 aromatic carbocycles. The molecule has 0 spiro atoms. The average Bonchev–Trinajstić information content (AvgIpc) is 2.33. The van der Waals surface area contributed by atoms with Crippen LogP contribution in [0.15, 0.2) is 54.7 Å². The van der Waals surface area contributed by atoms with Gasteiger partial charge in [0.15, 0.2) is 11.9 Å². The molecule has 0 saturated heterocycles. The maximum atomic E-state index is 11.4. The third-order valence-electron chi connectivity index (χ3n) is 2.49. The largest absolute Gasteiger partial charge is 0.619 e. The van der Waals surface area contributed by atoms with Crippen LogP contribution in [0, 0.1) is 5.21 Å². The third-order valence-corrected chi connectivity index (χ3v) is 2.49. The molecule has 1 N–H and O–H groups in total. The highest BCUT2D eigenvalue weighted by atomic mass is 16.5. The Bertz CT molecular complexity index is 456. The zero-order valence-electron chi connectivity index (χ0n) is 8.78. The molecule has 16 heavy (non-hydrogen) atoms. The summed E-state index contributed by atoms with van der Waals surface area (Å²) in [6.45, 7) is 0. The van der Waals surface area contributed by atoms with Gasteiger partial charge in [0.1, 0.15) is 0 Å². The lowest BCUT2D eigenvalue weighted by molar-refractivity contribution is -0.614. The first-order valence-electron chi connectivity index (χ1n) is 5.17. The van der Waals surface area contributed by atoms with E-state index < -0.39 is 6.10 Å². The van der Waals surface area contributed by atoms with Crippen LogP contribution in [0.25, 0.3) is 0 Å². The number of rotatable bonds is 3. The summed E-state index contributed by atoms with van der Waals surface area (Å²) < 4.78 is 0.784. The highest BCUT2D eigenvalue weighted by molar-refractivity contribution is 5.18. The number of hydrogen-bond acceptors (Lipinski definition) is 2. The van der Waals surface area contributed by atoms with Crippen molar-refractivity contribution in [2.75, 3.05) is 0 Å². The Labute approximate surface area is 94.2 Å². The first-order valence-corrected chi connectivity index (χ1v) is 5.17. The molecular weight excluding hydrogens is 202 g/mol. The zero-order chi connectivity index (χ0) is 11.4. The first-order chi connectivity index (χ1) is 7.77. The smallest absolute Gasteiger partial charge is 0.195 e. The highest BCUT2D eigenvalue weighted by Gasteiger charge is 2.13. The topological polar surface area (TPSA) is 47.2 Å². The number of aliphatic hydroxyl groups is 1. The second kappa shape index (κ2) is 4.77. The lowest BCUT2D eigenvalue weighted by Gasteiger charge is -2.10. The van der Waals surface area contributed by atoms with E-state index in [0.717, 1.165) is 10.3 Å². The minimum atomic E-state index is -0.635. The van der Waals surface area contributed by atoms with E-state index >= 15 is 0 Å². The predicted molar refractivity (Wildman–Crippen MR) is 60.5 cm³/mol. The Kier molecular flexibility index (Phi) is 3.17. The number of hydrogen-bond donors (Lipinski definition) is 1. The highest BCUT2D eigenvalue weighted by Crippen LogP contribution is 2.15. The van der Waals surface area contributed by atoms with Crippen molar-refractivity contribution in [1.82, 2.24) is 0 Å². The van der Waals surface area contributed by atoms with Crippen LogP contribution in [0.2, 0.25) is 0 Å². The van der Waals surface area contributed by atoms with Gasteiger partial charge in [-0.25, -0.2) is 0 Å². The standard InChI is InChI=1S/C13H13NO2/c15-13(11-6-2-1-3-7-11)10-12-8-4-5-9-14(12)16/h1-9,13,15H,10H2. The van der Waals surface area contributed by atoms with Crippen LogP contribution < -0.4 is 4.73 Å². The molecule has 0 aliphatic heterocycles. The van der Waals surface area contributed by atoms with Gasteiger partial charge in [0, 0.05) is 12.1 Å².